The number of ether oxygens (including phenoxy) is 2. The molecule has 0 N–H and O–H groups in total. The summed E-state index contributed by atoms with van der Waals surface area (Å²) in [5.74, 6) is 0.374. The van der Waals surface area contributed by atoms with Crippen molar-refractivity contribution >= 4 is 5.78 Å². The number of hydrogen-bond donors (Lipinski definition) is 0. The number of carbonyl (C=O) groups is 1. The van der Waals surface area contributed by atoms with Gasteiger partial charge in [0.25, 0.3) is 0 Å². The van der Waals surface area contributed by atoms with Crippen molar-refractivity contribution in [2.24, 2.45) is 0 Å². The number of nitrogens with zero attached hydrogens (tertiary/aromatic N) is 2. The van der Waals surface area contributed by atoms with E-state index in [1.54, 1.807) is 6.92 Å². The molecular weight excluding hydrogens is 184 g/mol. The molecular formula is C9H12N2O3. The Hall–Kier alpha value is -1.65. The first-order valence-corrected chi connectivity index (χ1v) is 4.07. The van der Waals surface area contributed by atoms with E-state index >= 15 is 0 Å². The van der Waals surface area contributed by atoms with E-state index in [4.69, 9.17) is 9.47 Å². The van der Waals surface area contributed by atoms with Crippen LogP contribution in [0.4, 0.5) is 0 Å². The molecule has 0 aliphatic rings. The highest BCUT2D eigenvalue weighted by molar-refractivity contribution is 5.94. The van der Waals surface area contributed by atoms with Gasteiger partial charge in [-0.3, -0.25) is 4.79 Å². The molecule has 0 atom stereocenters. The molecule has 0 aliphatic carbocycles. The number of carbonyl (C=O) groups excluding carboxylic acids is 1. The summed E-state index contributed by atoms with van der Waals surface area (Å²) in [5, 5.41) is 0. The van der Waals surface area contributed by atoms with E-state index in [0.717, 1.165) is 0 Å². The zero-order valence-corrected chi connectivity index (χ0v) is 8.62. The monoisotopic (exact) mass is 196 g/mol. The SMILES string of the molecule is COc1nc(C(C)=O)c(OC)nc1C. The van der Waals surface area contributed by atoms with Gasteiger partial charge in [-0.2, -0.15) is 0 Å². The summed E-state index contributed by atoms with van der Waals surface area (Å²) in [5.41, 5.74) is 0.782. The van der Waals surface area contributed by atoms with Crippen LogP contribution in [-0.4, -0.2) is 30.0 Å². The van der Waals surface area contributed by atoms with Crippen LogP contribution in [0.15, 0.2) is 0 Å². The topological polar surface area (TPSA) is 61.3 Å². The number of rotatable bonds is 3. The van der Waals surface area contributed by atoms with Crippen molar-refractivity contribution in [1.29, 1.82) is 0 Å². The first-order chi connectivity index (χ1) is 6.60. The molecule has 1 aromatic rings. The lowest BCUT2D eigenvalue weighted by molar-refractivity contribution is 0.100. The van der Waals surface area contributed by atoms with Gasteiger partial charge in [0, 0.05) is 6.92 Å². The van der Waals surface area contributed by atoms with E-state index in [9.17, 15) is 4.79 Å². The van der Waals surface area contributed by atoms with Crippen LogP contribution in [-0.2, 0) is 0 Å². The molecule has 1 heterocycles. The molecule has 0 aliphatic heterocycles. The molecule has 0 radical (unpaired) electrons. The predicted octanol–water partition coefficient (Wildman–Crippen LogP) is 1.00. The average molecular weight is 196 g/mol. The van der Waals surface area contributed by atoms with Crippen LogP contribution in [0, 0.1) is 6.92 Å². The van der Waals surface area contributed by atoms with Crippen LogP contribution in [0.5, 0.6) is 11.8 Å². The maximum Gasteiger partial charge on any atom is 0.243 e. The van der Waals surface area contributed by atoms with Crippen LogP contribution in [0.1, 0.15) is 23.1 Å². The van der Waals surface area contributed by atoms with Gasteiger partial charge in [-0.05, 0) is 6.92 Å². The first-order valence-electron chi connectivity index (χ1n) is 4.07. The van der Waals surface area contributed by atoms with Crippen molar-refractivity contribution < 1.29 is 14.3 Å². The van der Waals surface area contributed by atoms with E-state index < -0.39 is 0 Å². The maximum atomic E-state index is 11.2. The summed E-state index contributed by atoms with van der Waals surface area (Å²) in [6, 6.07) is 0. The molecule has 0 unspecified atom stereocenters. The van der Waals surface area contributed by atoms with Crippen LogP contribution in [0.3, 0.4) is 0 Å². The zero-order valence-electron chi connectivity index (χ0n) is 8.62. The summed E-state index contributed by atoms with van der Waals surface area (Å²) in [6.07, 6.45) is 0. The lowest BCUT2D eigenvalue weighted by Crippen LogP contribution is -2.06. The smallest absolute Gasteiger partial charge is 0.243 e. The van der Waals surface area contributed by atoms with Gasteiger partial charge in [-0.15, -0.1) is 0 Å². The quantitative estimate of drug-likeness (QED) is 0.675. The Balaban J connectivity index is 3.32. The van der Waals surface area contributed by atoms with E-state index in [1.165, 1.54) is 21.1 Å². The third-order valence-electron chi connectivity index (χ3n) is 1.71. The minimum atomic E-state index is -0.201. The molecule has 0 saturated carbocycles. The Kier molecular flexibility index (Phi) is 3.01. The van der Waals surface area contributed by atoms with E-state index in [-0.39, 0.29) is 17.4 Å². The standard InChI is InChI=1S/C9H12N2O3/c1-5-8(13-3)11-7(6(2)12)9(10-5)14-4/h1-4H3. The van der Waals surface area contributed by atoms with Gasteiger partial charge in [-0.25, -0.2) is 9.97 Å². The maximum absolute atomic E-state index is 11.2. The second-order valence-electron chi connectivity index (χ2n) is 2.73. The highest BCUT2D eigenvalue weighted by atomic mass is 16.5. The predicted molar refractivity (Wildman–Crippen MR) is 49.9 cm³/mol. The zero-order chi connectivity index (χ0) is 10.7. The average Bonchev–Trinajstić information content (AvgIpc) is 2.16. The second-order valence-corrected chi connectivity index (χ2v) is 2.73. The molecule has 5 nitrogen and oxygen atoms in total. The lowest BCUT2D eigenvalue weighted by atomic mass is 10.3. The largest absolute Gasteiger partial charge is 0.480 e. The number of Topliss-reactive ketones (excluding diaryl/α,β-unsaturated/α-hetero) is 1. The highest BCUT2D eigenvalue weighted by Crippen LogP contribution is 2.20. The van der Waals surface area contributed by atoms with Gasteiger partial charge in [0.05, 0.1) is 14.2 Å². The molecule has 1 rings (SSSR count). The number of aromatic nitrogens is 2. The van der Waals surface area contributed by atoms with Crippen LogP contribution < -0.4 is 9.47 Å². The fraction of sp³-hybridized carbons (Fsp3) is 0.444. The molecule has 14 heavy (non-hydrogen) atoms. The summed E-state index contributed by atoms with van der Waals surface area (Å²) >= 11 is 0. The fourth-order valence-corrected chi connectivity index (χ4v) is 1.05. The van der Waals surface area contributed by atoms with Crippen molar-refractivity contribution in [2.45, 2.75) is 13.8 Å². The molecule has 1 aromatic heterocycles. The molecule has 0 spiro atoms. The third-order valence-corrected chi connectivity index (χ3v) is 1.71. The lowest BCUT2D eigenvalue weighted by Gasteiger charge is -2.08. The summed E-state index contributed by atoms with van der Waals surface area (Å²) in [4.78, 5) is 19.2. The van der Waals surface area contributed by atoms with Gasteiger partial charge in [0.1, 0.15) is 5.69 Å². The van der Waals surface area contributed by atoms with Crippen LogP contribution in [0.25, 0.3) is 0 Å². The van der Waals surface area contributed by atoms with Crippen molar-refractivity contribution in [1.82, 2.24) is 9.97 Å². The number of methoxy groups -OCH3 is 2. The van der Waals surface area contributed by atoms with Crippen LogP contribution in [0.2, 0.25) is 0 Å². The van der Waals surface area contributed by atoms with E-state index in [1.807, 2.05) is 0 Å². The van der Waals surface area contributed by atoms with Crippen molar-refractivity contribution in [3.8, 4) is 11.8 Å². The van der Waals surface area contributed by atoms with E-state index in [2.05, 4.69) is 9.97 Å². The van der Waals surface area contributed by atoms with Crippen molar-refractivity contribution in [3.05, 3.63) is 11.4 Å². The number of hydrogen-bond acceptors (Lipinski definition) is 5. The Morgan fingerprint density at radius 2 is 1.71 bits per heavy atom. The minimum Gasteiger partial charge on any atom is -0.480 e. The van der Waals surface area contributed by atoms with Gasteiger partial charge >= 0.3 is 0 Å². The van der Waals surface area contributed by atoms with Gasteiger partial charge in [-0.1, -0.05) is 0 Å². The summed E-state index contributed by atoms with van der Waals surface area (Å²) in [7, 11) is 2.93. The first kappa shape index (κ1) is 10.4. The Labute approximate surface area is 82.1 Å². The summed E-state index contributed by atoms with van der Waals surface area (Å²) < 4.78 is 9.89. The Morgan fingerprint density at radius 1 is 1.14 bits per heavy atom. The molecule has 76 valence electrons. The third kappa shape index (κ3) is 1.81. The molecule has 0 amide bonds. The summed E-state index contributed by atoms with van der Waals surface area (Å²) in [6.45, 7) is 3.14. The Morgan fingerprint density at radius 3 is 2.14 bits per heavy atom. The van der Waals surface area contributed by atoms with Crippen LogP contribution >= 0.6 is 0 Å². The second kappa shape index (κ2) is 4.04. The fourth-order valence-electron chi connectivity index (χ4n) is 1.05. The normalized spacial score (nSPS) is 9.71. The van der Waals surface area contributed by atoms with E-state index in [0.29, 0.717) is 11.6 Å². The van der Waals surface area contributed by atoms with Crippen molar-refractivity contribution in [3.63, 3.8) is 0 Å². The molecule has 5 heteroatoms. The minimum absolute atomic E-state index is 0.190. The van der Waals surface area contributed by atoms with Gasteiger partial charge in [0.2, 0.25) is 11.8 Å². The van der Waals surface area contributed by atoms with Gasteiger partial charge < -0.3 is 9.47 Å². The molecule has 0 bridgehead atoms. The molecule has 0 saturated heterocycles. The molecule has 0 fully saturated rings. The van der Waals surface area contributed by atoms with Gasteiger partial charge in [0.15, 0.2) is 11.5 Å². The number of aryl methyl sites for hydroxylation is 1. The molecule has 0 aromatic carbocycles. The highest BCUT2D eigenvalue weighted by Gasteiger charge is 2.15. The number of ketones is 1. The van der Waals surface area contributed by atoms with Crippen molar-refractivity contribution in [2.75, 3.05) is 14.2 Å². The Bertz CT molecular complexity index is 363.